The standard InChI is InChI=1S/C29H21NO.2C7H7.Hf/c31-29(19-20-9-2-1-3-10-20)25-17-7-14-22-13-6-16-24(27(22)25)28(29)30-26-18-8-12-21-11-4-5-15-23(21)26;2*1-7-5-3-2-4-6-7;/h1-18,31H,19H2;2*2-6H,1H2;/q;2*-1;. The zero-order valence-corrected chi connectivity index (χ0v) is 29.3. The van der Waals surface area contributed by atoms with Gasteiger partial charge in [0.2, 0.25) is 0 Å². The Labute approximate surface area is 290 Å². The van der Waals surface area contributed by atoms with E-state index in [1.54, 1.807) is 0 Å². The van der Waals surface area contributed by atoms with E-state index < -0.39 is 5.60 Å². The Morgan fingerprint density at radius 3 is 1.63 bits per heavy atom. The summed E-state index contributed by atoms with van der Waals surface area (Å²) < 4.78 is 0. The zero-order chi connectivity index (χ0) is 31.1. The van der Waals surface area contributed by atoms with E-state index in [0.717, 1.165) is 60.8 Å². The molecule has 1 atom stereocenters. The van der Waals surface area contributed by atoms with Crippen LogP contribution in [0.2, 0.25) is 0 Å². The van der Waals surface area contributed by atoms with Gasteiger partial charge in [0.05, 0.1) is 11.4 Å². The Kier molecular flexibility index (Phi) is 10.7. The first-order valence-corrected chi connectivity index (χ1v) is 15.1. The van der Waals surface area contributed by atoms with Crippen molar-refractivity contribution >= 4 is 32.9 Å². The third-order valence-electron chi connectivity index (χ3n) is 7.98. The Hall–Kier alpha value is -4.70. The van der Waals surface area contributed by atoms with E-state index in [0.29, 0.717) is 6.42 Å². The quantitative estimate of drug-likeness (QED) is 0.141. The molecule has 7 aromatic carbocycles. The van der Waals surface area contributed by atoms with Gasteiger partial charge in [0, 0.05) is 43.2 Å². The van der Waals surface area contributed by atoms with Gasteiger partial charge >= 0.3 is 0 Å². The molecule has 0 aromatic heterocycles. The number of aliphatic imine (C=N–C) groups is 1. The number of hydrogen-bond acceptors (Lipinski definition) is 2. The van der Waals surface area contributed by atoms with Crippen LogP contribution in [0.4, 0.5) is 5.69 Å². The normalized spacial score (nSPS) is 15.3. The maximum absolute atomic E-state index is 12.2. The van der Waals surface area contributed by atoms with Crippen LogP contribution in [-0.4, -0.2) is 10.8 Å². The molecule has 3 heteroatoms. The van der Waals surface area contributed by atoms with Gasteiger partial charge in [0.1, 0.15) is 5.60 Å². The second-order valence-corrected chi connectivity index (χ2v) is 11.2. The van der Waals surface area contributed by atoms with Gasteiger partial charge in [-0.05, 0) is 33.4 Å². The van der Waals surface area contributed by atoms with E-state index in [9.17, 15) is 5.11 Å². The second-order valence-electron chi connectivity index (χ2n) is 11.2. The fourth-order valence-corrected chi connectivity index (χ4v) is 5.84. The third-order valence-corrected chi connectivity index (χ3v) is 7.98. The SMILES string of the molecule is OC1(Cc2ccccc2)C(=Nc2cccc3ccccc23)c2cccc3cccc1c23.[CH2-]c1ccccc1.[CH2-]c1ccccc1.[Hf]. The molecule has 0 saturated heterocycles. The smallest absolute Gasteiger partial charge is 0.137 e. The predicted octanol–water partition coefficient (Wildman–Crippen LogP) is 10.3. The van der Waals surface area contributed by atoms with Crippen LogP contribution in [0.25, 0.3) is 21.5 Å². The predicted molar refractivity (Wildman–Crippen MR) is 190 cm³/mol. The van der Waals surface area contributed by atoms with Crippen LogP contribution in [0.5, 0.6) is 0 Å². The first-order valence-electron chi connectivity index (χ1n) is 15.1. The van der Waals surface area contributed by atoms with Crippen molar-refractivity contribution in [1.29, 1.82) is 0 Å². The van der Waals surface area contributed by atoms with Crippen LogP contribution in [0.1, 0.15) is 27.8 Å². The van der Waals surface area contributed by atoms with Crippen molar-refractivity contribution in [3.63, 3.8) is 0 Å². The van der Waals surface area contributed by atoms with E-state index in [1.165, 1.54) is 0 Å². The topological polar surface area (TPSA) is 32.6 Å². The summed E-state index contributed by atoms with van der Waals surface area (Å²) in [6.45, 7) is 7.44. The van der Waals surface area contributed by atoms with Gasteiger partial charge in [0.25, 0.3) is 0 Å². The summed E-state index contributed by atoms with van der Waals surface area (Å²) in [5, 5.41) is 16.7. The Balaban J connectivity index is 0.000000230. The minimum atomic E-state index is -1.19. The molecule has 1 aliphatic rings. The first-order chi connectivity index (χ1) is 22.0. The van der Waals surface area contributed by atoms with Gasteiger partial charge < -0.3 is 5.11 Å². The molecule has 46 heavy (non-hydrogen) atoms. The summed E-state index contributed by atoms with van der Waals surface area (Å²) in [6.07, 6.45) is 0.477. The molecule has 0 spiro atoms. The Morgan fingerprint density at radius 2 is 1.02 bits per heavy atom. The molecule has 1 unspecified atom stereocenters. The van der Waals surface area contributed by atoms with Crippen LogP contribution >= 0.6 is 0 Å². The number of aliphatic hydroxyl groups is 1. The van der Waals surface area contributed by atoms with Crippen molar-refractivity contribution in [3.05, 3.63) is 212 Å². The molecule has 7 aromatic rings. The van der Waals surface area contributed by atoms with Gasteiger partial charge in [-0.15, -0.1) is 24.3 Å². The van der Waals surface area contributed by atoms with Crippen LogP contribution in [0.15, 0.2) is 175 Å². The Morgan fingerprint density at radius 1 is 0.522 bits per heavy atom. The van der Waals surface area contributed by atoms with Crippen LogP contribution < -0.4 is 0 Å². The number of hydrogen-bond donors (Lipinski definition) is 1. The average Bonchev–Trinajstić information content (AvgIpc) is 3.31. The molecule has 224 valence electrons. The van der Waals surface area contributed by atoms with Crippen LogP contribution in [-0.2, 0) is 37.9 Å². The van der Waals surface area contributed by atoms with E-state index in [2.05, 4.69) is 62.4 Å². The van der Waals surface area contributed by atoms with Crippen LogP contribution in [0, 0.1) is 13.8 Å². The summed E-state index contributed by atoms with van der Waals surface area (Å²) in [7, 11) is 0. The van der Waals surface area contributed by atoms with E-state index in [-0.39, 0.29) is 25.8 Å². The summed E-state index contributed by atoms with van der Waals surface area (Å²) in [4.78, 5) is 5.14. The fraction of sp³-hybridized carbons (Fsp3) is 0.0465. The van der Waals surface area contributed by atoms with Crippen molar-refractivity contribution in [3.8, 4) is 0 Å². The van der Waals surface area contributed by atoms with Gasteiger partial charge in [-0.1, -0.05) is 115 Å². The first kappa shape index (κ1) is 32.7. The van der Waals surface area contributed by atoms with Crippen LogP contribution in [0.3, 0.4) is 0 Å². The maximum atomic E-state index is 12.2. The molecule has 1 N–H and O–H groups in total. The molecule has 0 fully saturated rings. The number of benzene rings is 7. The molecule has 0 amide bonds. The van der Waals surface area contributed by atoms with Crippen molar-refractivity contribution in [1.82, 2.24) is 0 Å². The van der Waals surface area contributed by atoms with Crippen molar-refractivity contribution < 1.29 is 30.9 Å². The zero-order valence-electron chi connectivity index (χ0n) is 25.7. The maximum Gasteiger partial charge on any atom is 0.137 e. The van der Waals surface area contributed by atoms with E-state index >= 15 is 0 Å². The average molecular weight is 760 g/mol. The van der Waals surface area contributed by atoms with Crippen molar-refractivity contribution in [2.75, 3.05) is 0 Å². The fourth-order valence-electron chi connectivity index (χ4n) is 5.84. The molecule has 0 saturated carbocycles. The molecule has 2 nitrogen and oxygen atoms in total. The van der Waals surface area contributed by atoms with Gasteiger partial charge in [-0.2, -0.15) is 49.2 Å². The molecule has 8 rings (SSSR count). The van der Waals surface area contributed by atoms with Gasteiger partial charge in [0.15, 0.2) is 0 Å². The minimum Gasteiger partial charge on any atom is -0.378 e. The minimum absolute atomic E-state index is 0. The molecular formula is C43H35HfNO-2. The Bertz CT molecular complexity index is 2010. The molecule has 0 bridgehead atoms. The monoisotopic (exact) mass is 761 g/mol. The molecule has 0 radical (unpaired) electrons. The number of rotatable bonds is 3. The molecular weight excluding hydrogens is 725 g/mol. The van der Waals surface area contributed by atoms with Gasteiger partial charge in [-0.3, -0.25) is 0 Å². The summed E-state index contributed by atoms with van der Waals surface area (Å²) in [6, 6.07) is 56.7. The largest absolute Gasteiger partial charge is 0.378 e. The molecule has 1 aliphatic carbocycles. The van der Waals surface area contributed by atoms with Gasteiger partial charge in [-0.25, -0.2) is 4.99 Å². The second kappa shape index (κ2) is 15.1. The summed E-state index contributed by atoms with van der Waals surface area (Å²) >= 11 is 0. The number of fused-ring (bicyclic) bond motifs is 1. The summed E-state index contributed by atoms with van der Waals surface area (Å²) in [5.74, 6) is 0. The van der Waals surface area contributed by atoms with Crippen molar-refractivity contribution in [2.24, 2.45) is 4.99 Å². The third kappa shape index (κ3) is 7.23. The van der Waals surface area contributed by atoms with E-state index in [1.807, 2.05) is 121 Å². The van der Waals surface area contributed by atoms with Crippen molar-refractivity contribution in [2.45, 2.75) is 12.0 Å². The van der Waals surface area contributed by atoms with E-state index in [4.69, 9.17) is 4.99 Å². The molecule has 0 aliphatic heterocycles. The molecule has 0 heterocycles. The summed E-state index contributed by atoms with van der Waals surface area (Å²) in [5.41, 5.74) is 5.58. The number of nitrogens with zero attached hydrogens (tertiary/aromatic N) is 1.